The van der Waals surface area contributed by atoms with Crippen LogP contribution in [-0.2, 0) is 21.4 Å². The summed E-state index contributed by atoms with van der Waals surface area (Å²) in [5.41, 5.74) is -0.000400. The molecular formula is C19H27N3O4S. The lowest BCUT2D eigenvalue weighted by atomic mass is 9.86. The highest BCUT2D eigenvalue weighted by Gasteiger charge is 2.58. The van der Waals surface area contributed by atoms with Gasteiger partial charge in [0.1, 0.15) is 5.54 Å². The van der Waals surface area contributed by atoms with Crippen molar-refractivity contribution in [1.29, 1.82) is 0 Å². The molecule has 2 aliphatic rings. The second-order valence-corrected chi connectivity index (χ2v) is 9.92. The lowest BCUT2D eigenvalue weighted by Gasteiger charge is -2.42. The molecule has 2 heterocycles. The highest BCUT2D eigenvalue weighted by atomic mass is 32.2. The average Bonchev–Trinajstić information content (AvgIpc) is 2.84. The fraction of sp³-hybridized carbons (Fsp3) is 0.579. The normalized spacial score (nSPS) is 20.9. The zero-order chi connectivity index (χ0) is 19.8. The largest absolute Gasteiger partial charge is 0.327 e. The second-order valence-electron chi connectivity index (χ2n) is 7.43. The van der Waals surface area contributed by atoms with E-state index in [1.54, 1.807) is 25.7 Å². The molecule has 3 amide bonds. The fourth-order valence-electron chi connectivity index (χ4n) is 3.94. The highest BCUT2D eigenvalue weighted by molar-refractivity contribution is 7.89. The summed E-state index contributed by atoms with van der Waals surface area (Å²) in [6, 6.07) is 9.28. The molecule has 1 aromatic rings. The number of likely N-dealkylation sites (N-methyl/N-ethyl adjacent to an activating group) is 1. The van der Waals surface area contributed by atoms with Gasteiger partial charge in [-0.3, -0.25) is 9.69 Å². The van der Waals surface area contributed by atoms with Gasteiger partial charge >= 0.3 is 6.03 Å². The summed E-state index contributed by atoms with van der Waals surface area (Å²) in [4.78, 5) is 29.0. The molecule has 0 atom stereocenters. The number of hydrogen-bond acceptors (Lipinski definition) is 4. The van der Waals surface area contributed by atoms with Gasteiger partial charge in [0.2, 0.25) is 10.0 Å². The van der Waals surface area contributed by atoms with Gasteiger partial charge in [-0.15, -0.1) is 0 Å². The maximum absolute atomic E-state index is 13.1. The van der Waals surface area contributed by atoms with Crippen molar-refractivity contribution in [2.45, 2.75) is 50.9 Å². The molecule has 0 radical (unpaired) electrons. The van der Waals surface area contributed by atoms with E-state index in [1.165, 1.54) is 9.21 Å². The van der Waals surface area contributed by atoms with Crippen LogP contribution in [0.4, 0.5) is 4.79 Å². The smallest absolute Gasteiger partial charge is 0.305 e. The Bertz CT molecular complexity index is 815. The van der Waals surface area contributed by atoms with Crippen molar-refractivity contribution in [3.63, 3.8) is 0 Å². The monoisotopic (exact) mass is 393 g/mol. The van der Waals surface area contributed by atoms with Crippen molar-refractivity contribution >= 4 is 22.0 Å². The van der Waals surface area contributed by atoms with Gasteiger partial charge in [0.25, 0.3) is 5.91 Å². The van der Waals surface area contributed by atoms with E-state index in [1.807, 2.05) is 30.3 Å². The molecule has 27 heavy (non-hydrogen) atoms. The molecule has 0 N–H and O–H groups in total. The van der Waals surface area contributed by atoms with E-state index in [0.717, 1.165) is 5.56 Å². The third-order valence-electron chi connectivity index (χ3n) is 5.63. The number of hydrogen-bond donors (Lipinski definition) is 0. The number of carbonyl (C=O) groups excluding carboxylic acids is 2. The van der Waals surface area contributed by atoms with Crippen LogP contribution in [0.2, 0.25) is 0 Å². The number of imide groups is 1. The van der Waals surface area contributed by atoms with Crippen LogP contribution in [-0.4, -0.2) is 64.9 Å². The molecular weight excluding hydrogens is 366 g/mol. The van der Waals surface area contributed by atoms with E-state index in [4.69, 9.17) is 0 Å². The molecule has 0 bridgehead atoms. The highest BCUT2D eigenvalue weighted by Crippen LogP contribution is 2.39. The standard InChI is InChI=1S/C19H27N3O4S/c1-4-21-17(23)19(10-12-20(13-11-19)27(25,26)15(2)3)22(18(21)24)14-16-8-6-5-7-9-16/h5-9,15H,4,10-14H2,1-3H3. The predicted octanol–water partition coefficient (Wildman–Crippen LogP) is 2.04. The summed E-state index contributed by atoms with van der Waals surface area (Å²) >= 11 is 0. The number of nitrogens with zero attached hydrogens (tertiary/aromatic N) is 3. The molecule has 2 aliphatic heterocycles. The van der Waals surface area contributed by atoms with Crippen molar-refractivity contribution < 1.29 is 18.0 Å². The zero-order valence-electron chi connectivity index (χ0n) is 16.1. The maximum atomic E-state index is 13.1. The molecule has 3 rings (SSSR count). The van der Waals surface area contributed by atoms with Gasteiger partial charge < -0.3 is 4.90 Å². The number of carbonyl (C=O) groups is 2. The minimum Gasteiger partial charge on any atom is -0.305 e. The van der Waals surface area contributed by atoms with Crippen LogP contribution in [0, 0.1) is 0 Å². The third-order valence-corrected chi connectivity index (χ3v) is 7.90. The van der Waals surface area contributed by atoms with Gasteiger partial charge in [-0.1, -0.05) is 30.3 Å². The van der Waals surface area contributed by atoms with Crippen molar-refractivity contribution in [3.05, 3.63) is 35.9 Å². The van der Waals surface area contributed by atoms with Gasteiger partial charge in [-0.2, -0.15) is 0 Å². The van der Waals surface area contributed by atoms with Crippen LogP contribution in [0.3, 0.4) is 0 Å². The van der Waals surface area contributed by atoms with Crippen molar-refractivity contribution in [3.8, 4) is 0 Å². The first-order valence-corrected chi connectivity index (χ1v) is 10.9. The van der Waals surface area contributed by atoms with E-state index in [-0.39, 0.29) is 25.0 Å². The lowest BCUT2D eigenvalue weighted by molar-refractivity contribution is -0.135. The molecule has 0 saturated carbocycles. The first-order chi connectivity index (χ1) is 12.7. The predicted molar refractivity (Wildman–Crippen MR) is 102 cm³/mol. The van der Waals surface area contributed by atoms with Crippen LogP contribution in [0.15, 0.2) is 30.3 Å². The molecule has 0 unspecified atom stereocenters. The number of rotatable bonds is 5. The first-order valence-electron chi connectivity index (χ1n) is 9.40. The Kier molecular flexibility index (Phi) is 5.31. The summed E-state index contributed by atoms with van der Waals surface area (Å²) in [7, 11) is -3.37. The average molecular weight is 394 g/mol. The Hall–Kier alpha value is -1.93. The van der Waals surface area contributed by atoms with Crippen LogP contribution in [0.5, 0.6) is 0 Å². The quantitative estimate of drug-likeness (QED) is 0.717. The summed E-state index contributed by atoms with van der Waals surface area (Å²) in [6.07, 6.45) is 0.652. The van der Waals surface area contributed by atoms with Crippen molar-refractivity contribution in [2.75, 3.05) is 19.6 Å². The molecule has 2 saturated heterocycles. The fourth-order valence-corrected chi connectivity index (χ4v) is 5.23. The number of sulfonamides is 1. The van der Waals surface area contributed by atoms with Gasteiger partial charge in [0.05, 0.1) is 5.25 Å². The minimum absolute atomic E-state index is 0.201. The van der Waals surface area contributed by atoms with Gasteiger partial charge in [-0.25, -0.2) is 17.5 Å². The Morgan fingerprint density at radius 1 is 1.07 bits per heavy atom. The van der Waals surface area contributed by atoms with Crippen LogP contribution >= 0.6 is 0 Å². The van der Waals surface area contributed by atoms with E-state index in [9.17, 15) is 18.0 Å². The van der Waals surface area contributed by atoms with E-state index >= 15 is 0 Å². The Labute approximate surface area is 161 Å². The minimum atomic E-state index is -3.37. The Balaban J connectivity index is 1.89. The molecule has 0 aliphatic carbocycles. The molecule has 7 nitrogen and oxygen atoms in total. The zero-order valence-corrected chi connectivity index (χ0v) is 16.9. The van der Waals surface area contributed by atoms with Crippen LogP contribution in [0.1, 0.15) is 39.2 Å². The van der Waals surface area contributed by atoms with Gasteiger partial charge in [0, 0.05) is 26.2 Å². The second kappa shape index (κ2) is 7.24. The van der Waals surface area contributed by atoms with E-state index < -0.39 is 20.8 Å². The van der Waals surface area contributed by atoms with Crippen molar-refractivity contribution in [2.24, 2.45) is 0 Å². The summed E-state index contributed by atoms with van der Waals surface area (Å²) in [5.74, 6) is -0.201. The van der Waals surface area contributed by atoms with E-state index in [2.05, 4.69) is 0 Å². The van der Waals surface area contributed by atoms with Crippen LogP contribution in [0.25, 0.3) is 0 Å². The molecule has 8 heteroatoms. The molecule has 2 fully saturated rings. The third kappa shape index (κ3) is 3.25. The topological polar surface area (TPSA) is 78.0 Å². The molecule has 1 spiro atoms. The van der Waals surface area contributed by atoms with Gasteiger partial charge in [-0.05, 0) is 39.2 Å². The summed E-state index contributed by atoms with van der Waals surface area (Å²) < 4.78 is 26.4. The maximum Gasteiger partial charge on any atom is 0.327 e. The summed E-state index contributed by atoms with van der Waals surface area (Å²) in [6.45, 7) is 6.27. The number of amides is 3. The first kappa shape index (κ1) is 19.8. The number of urea groups is 1. The van der Waals surface area contributed by atoms with Gasteiger partial charge in [0.15, 0.2) is 0 Å². The number of benzene rings is 1. The lowest BCUT2D eigenvalue weighted by Crippen LogP contribution is -2.57. The summed E-state index contributed by atoms with van der Waals surface area (Å²) in [5, 5.41) is -0.500. The Morgan fingerprint density at radius 3 is 2.19 bits per heavy atom. The Morgan fingerprint density at radius 2 is 1.67 bits per heavy atom. The number of piperidine rings is 1. The van der Waals surface area contributed by atoms with Crippen molar-refractivity contribution in [1.82, 2.24) is 14.1 Å². The van der Waals surface area contributed by atoms with E-state index in [0.29, 0.717) is 25.9 Å². The molecule has 1 aromatic carbocycles. The van der Waals surface area contributed by atoms with Crippen LogP contribution < -0.4 is 0 Å². The molecule has 0 aromatic heterocycles. The molecule has 148 valence electrons. The SMILES string of the molecule is CCN1C(=O)N(Cc2ccccc2)C2(CCN(S(=O)(=O)C(C)C)CC2)C1=O.